The van der Waals surface area contributed by atoms with Crippen LogP contribution in [0.4, 0.5) is 0 Å². The summed E-state index contributed by atoms with van der Waals surface area (Å²) in [5, 5.41) is 9.69. The molecule has 0 aromatic heterocycles. The van der Waals surface area contributed by atoms with Gasteiger partial charge in [0.05, 0.1) is 5.92 Å². The normalized spacial score (nSPS) is 20.6. The standard InChI is InChI=1S/C23H27NO3/c1-16(2)19(13-17-9-5-3-6-10-17)22(25)24-14-20(21(15-24)23(26)27)18-11-7-4-8-12-18/h3-12,16,19-21H,13-15H2,1-2H3,(H,26,27)/t19?,20-,21-/m0/s1. The minimum atomic E-state index is -0.830. The van der Waals surface area contributed by atoms with Gasteiger partial charge in [0, 0.05) is 24.9 Å². The van der Waals surface area contributed by atoms with Gasteiger partial charge in [-0.2, -0.15) is 0 Å². The Balaban J connectivity index is 1.79. The fourth-order valence-corrected chi connectivity index (χ4v) is 3.98. The van der Waals surface area contributed by atoms with Gasteiger partial charge in [-0.25, -0.2) is 0 Å². The molecule has 4 nitrogen and oxygen atoms in total. The molecule has 1 heterocycles. The van der Waals surface area contributed by atoms with Crippen molar-refractivity contribution in [1.29, 1.82) is 0 Å². The lowest BCUT2D eigenvalue weighted by atomic mass is 9.88. The molecule has 0 aliphatic carbocycles. The molecule has 1 N–H and O–H groups in total. The quantitative estimate of drug-likeness (QED) is 0.846. The Morgan fingerprint density at radius 3 is 2.15 bits per heavy atom. The first kappa shape index (κ1) is 19.2. The minimum absolute atomic E-state index is 0.0681. The number of carbonyl (C=O) groups excluding carboxylic acids is 1. The summed E-state index contributed by atoms with van der Waals surface area (Å²) in [6.45, 7) is 4.87. The van der Waals surface area contributed by atoms with Crippen LogP contribution in [0.3, 0.4) is 0 Å². The van der Waals surface area contributed by atoms with Gasteiger partial charge in [0.25, 0.3) is 0 Å². The van der Waals surface area contributed by atoms with Crippen molar-refractivity contribution in [3.05, 3.63) is 71.8 Å². The van der Waals surface area contributed by atoms with E-state index in [1.165, 1.54) is 0 Å². The van der Waals surface area contributed by atoms with E-state index in [0.717, 1.165) is 11.1 Å². The Bertz CT molecular complexity index is 773. The monoisotopic (exact) mass is 365 g/mol. The number of benzene rings is 2. The number of likely N-dealkylation sites (tertiary alicyclic amines) is 1. The molecule has 1 fully saturated rings. The van der Waals surface area contributed by atoms with Crippen LogP contribution in [0.25, 0.3) is 0 Å². The predicted molar refractivity (Wildman–Crippen MR) is 105 cm³/mol. The molecular formula is C23H27NO3. The zero-order valence-electron chi connectivity index (χ0n) is 15.9. The van der Waals surface area contributed by atoms with E-state index in [4.69, 9.17) is 0 Å². The molecule has 142 valence electrons. The number of hydrogen-bond donors (Lipinski definition) is 1. The number of hydrogen-bond acceptors (Lipinski definition) is 2. The first-order valence-electron chi connectivity index (χ1n) is 9.57. The van der Waals surface area contributed by atoms with E-state index < -0.39 is 11.9 Å². The molecule has 1 aliphatic rings. The highest BCUT2D eigenvalue weighted by atomic mass is 16.4. The molecular weight excluding hydrogens is 338 g/mol. The van der Waals surface area contributed by atoms with E-state index in [1.807, 2.05) is 60.7 Å². The van der Waals surface area contributed by atoms with Gasteiger partial charge in [-0.3, -0.25) is 9.59 Å². The van der Waals surface area contributed by atoms with Crippen LogP contribution >= 0.6 is 0 Å². The molecule has 0 spiro atoms. The van der Waals surface area contributed by atoms with E-state index in [0.29, 0.717) is 13.0 Å². The number of rotatable bonds is 6. The van der Waals surface area contributed by atoms with Gasteiger partial charge < -0.3 is 10.0 Å². The Morgan fingerprint density at radius 2 is 1.59 bits per heavy atom. The van der Waals surface area contributed by atoms with Crippen LogP contribution in [-0.4, -0.2) is 35.0 Å². The summed E-state index contributed by atoms with van der Waals surface area (Å²) in [6.07, 6.45) is 0.682. The van der Waals surface area contributed by atoms with Crippen LogP contribution in [0.15, 0.2) is 60.7 Å². The first-order chi connectivity index (χ1) is 13.0. The topological polar surface area (TPSA) is 57.6 Å². The maximum atomic E-state index is 13.3. The van der Waals surface area contributed by atoms with Crippen molar-refractivity contribution in [2.24, 2.45) is 17.8 Å². The molecule has 1 unspecified atom stereocenters. The molecule has 0 saturated carbocycles. The third kappa shape index (κ3) is 4.38. The molecule has 0 radical (unpaired) electrons. The highest BCUT2D eigenvalue weighted by Gasteiger charge is 2.42. The van der Waals surface area contributed by atoms with Crippen molar-refractivity contribution in [2.75, 3.05) is 13.1 Å². The summed E-state index contributed by atoms with van der Waals surface area (Å²) in [5.41, 5.74) is 2.13. The largest absolute Gasteiger partial charge is 0.481 e. The van der Waals surface area contributed by atoms with Crippen molar-refractivity contribution in [1.82, 2.24) is 4.90 Å². The summed E-state index contributed by atoms with van der Waals surface area (Å²) in [4.78, 5) is 26.8. The van der Waals surface area contributed by atoms with Crippen LogP contribution in [0.5, 0.6) is 0 Å². The predicted octanol–water partition coefficient (Wildman–Crippen LogP) is 3.83. The van der Waals surface area contributed by atoms with Crippen molar-refractivity contribution < 1.29 is 14.7 Å². The number of carbonyl (C=O) groups is 2. The van der Waals surface area contributed by atoms with Crippen molar-refractivity contribution in [2.45, 2.75) is 26.2 Å². The Kier molecular flexibility index (Phi) is 5.94. The van der Waals surface area contributed by atoms with Gasteiger partial charge in [-0.05, 0) is 23.5 Å². The summed E-state index contributed by atoms with van der Waals surface area (Å²) < 4.78 is 0. The average molecular weight is 365 g/mol. The van der Waals surface area contributed by atoms with E-state index in [1.54, 1.807) is 4.90 Å². The number of carboxylic acid groups (broad SMARTS) is 1. The Hall–Kier alpha value is -2.62. The zero-order valence-corrected chi connectivity index (χ0v) is 15.9. The third-order valence-electron chi connectivity index (χ3n) is 5.60. The first-order valence-corrected chi connectivity index (χ1v) is 9.57. The molecule has 1 aliphatic heterocycles. The SMILES string of the molecule is CC(C)C(Cc1ccccc1)C(=O)N1C[C@H](C(=O)O)[C@H](c2ccccc2)C1. The molecule has 2 aromatic carbocycles. The smallest absolute Gasteiger partial charge is 0.308 e. The summed E-state index contributed by atoms with van der Waals surface area (Å²) in [6, 6.07) is 19.7. The minimum Gasteiger partial charge on any atom is -0.481 e. The fourth-order valence-electron chi connectivity index (χ4n) is 3.98. The van der Waals surface area contributed by atoms with Crippen LogP contribution in [0.2, 0.25) is 0 Å². The Morgan fingerprint density at radius 1 is 1.00 bits per heavy atom. The van der Waals surface area contributed by atoms with Crippen LogP contribution in [0.1, 0.15) is 30.9 Å². The van der Waals surface area contributed by atoms with Crippen molar-refractivity contribution in [3.63, 3.8) is 0 Å². The van der Waals surface area contributed by atoms with Crippen molar-refractivity contribution in [3.8, 4) is 0 Å². The second-order valence-electron chi connectivity index (χ2n) is 7.75. The second-order valence-corrected chi connectivity index (χ2v) is 7.75. The molecule has 1 amide bonds. The highest BCUT2D eigenvalue weighted by Crippen LogP contribution is 2.34. The average Bonchev–Trinajstić information content (AvgIpc) is 3.13. The lowest BCUT2D eigenvalue weighted by Crippen LogP contribution is -2.38. The van der Waals surface area contributed by atoms with Crippen LogP contribution < -0.4 is 0 Å². The van der Waals surface area contributed by atoms with E-state index in [9.17, 15) is 14.7 Å². The lowest BCUT2D eigenvalue weighted by Gasteiger charge is -2.26. The zero-order chi connectivity index (χ0) is 19.4. The number of aliphatic carboxylic acids is 1. The molecule has 2 aromatic rings. The number of nitrogens with zero attached hydrogens (tertiary/aromatic N) is 1. The third-order valence-corrected chi connectivity index (χ3v) is 5.60. The van der Waals surface area contributed by atoms with Gasteiger partial charge >= 0.3 is 5.97 Å². The summed E-state index contributed by atoms with van der Waals surface area (Å²) in [7, 11) is 0. The molecule has 3 atom stereocenters. The van der Waals surface area contributed by atoms with Crippen LogP contribution in [0, 0.1) is 17.8 Å². The fraction of sp³-hybridized carbons (Fsp3) is 0.391. The van der Waals surface area contributed by atoms with Gasteiger partial charge in [0.15, 0.2) is 0 Å². The van der Waals surface area contributed by atoms with E-state index in [2.05, 4.69) is 13.8 Å². The molecule has 1 saturated heterocycles. The summed E-state index contributed by atoms with van der Waals surface area (Å²) >= 11 is 0. The molecule has 3 rings (SSSR count). The van der Waals surface area contributed by atoms with Gasteiger partial charge in [-0.15, -0.1) is 0 Å². The molecule has 4 heteroatoms. The van der Waals surface area contributed by atoms with E-state index >= 15 is 0 Å². The Labute approximate surface area is 160 Å². The van der Waals surface area contributed by atoms with Gasteiger partial charge in [0.2, 0.25) is 5.91 Å². The van der Waals surface area contributed by atoms with Crippen molar-refractivity contribution >= 4 is 11.9 Å². The highest BCUT2D eigenvalue weighted by molar-refractivity contribution is 5.82. The number of carboxylic acids is 1. The summed E-state index contributed by atoms with van der Waals surface area (Å²) in [5.74, 6) is -1.42. The number of amides is 1. The second kappa shape index (κ2) is 8.38. The van der Waals surface area contributed by atoms with Gasteiger partial charge in [-0.1, -0.05) is 74.5 Å². The lowest BCUT2D eigenvalue weighted by molar-refractivity contribution is -0.142. The van der Waals surface area contributed by atoms with Gasteiger partial charge in [0.1, 0.15) is 0 Å². The maximum absolute atomic E-state index is 13.3. The maximum Gasteiger partial charge on any atom is 0.308 e. The van der Waals surface area contributed by atoms with Crippen LogP contribution in [-0.2, 0) is 16.0 Å². The van der Waals surface area contributed by atoms with E-state index in [-0.39, 0.29) is 30.2 Å². The molecule has 27 heavy (non-hydrogen) atoms. The molecule has 0 bridgehead atoms.